The molecule has 1 N–H and O–H groups in total. The Morgan fingerprint density at radius 3 is 1.72 bits per heavy atom. The van der Waals surface area contributed by atoms with Crippen LogP contribution in [0.5, 0.6) is 0 Å². The number of rotatable bonds is 4. The first-order valence-corrected chi connectivity index (χ1v) is 16.6. The van der Waals surface area contributed by atoms with E-state index in [0.29, 0.717) is 17.3 Å². The van der Waals surface area contributed by atoms with E-state index in [4.69, 9.17) is 16.8 Å². The molecule has 1 unspecified atom stereocenters. The number of nitrogens with zero attached hydrogens (tertiary/aromatic N) is 4. The van der Waals surface area contributed by atoms with Crippen LogP contribution in [0.4, 0.5) is 0 Å². The fourth-order valence-electron chi connectivity index (χ4n) is 7.24. The zero-order valence-electron chi connectivity index (χ0n) is 31.7. The number of nitrogens with one attached hydrogen (secondary N) is 1. The number of hydrogen-bond donors (Lipinski definition) is 1. The van der Waals surface area contributed by atoms with Crippen molar-refractivity contribution in [2.75, 3.05) is 0 Å². The van der Waals surface area contributed by atoms with Gasteiger partial charge in [0.15, 0.2) is 5.84 Å². The van der Waals surface area contributed by atoms with Gasteiger partial charge in [0.1, 0.15) is 6.17 Å². The van der Waals surface area contributed by atoms with Crippen molar-refractivity contribution in [1.29, 1.82) is 0 Å². The quantitative estimate of drug-likeness (QED) is 0.203. The SMILES string of the molecule is [2H]c1c([2H])c([2H])c(-n2c3ccccc3c3ccc4c5ccccc5n(C5=NC(c6ccc(-c7ccccc7)cc6)=NC(c6ccccc6)N5)c4c32)c([2H])c1[2H]. The van der Waals surface area contributed by atoms with Crippen molar-refractivity contribution in [3.8, 4) is 16.8 Å². The van der Waals surface area contributed by atoms with Crippen molar-refractivity contribution in [2.45, 2.75) is 6.17 Å². The summed E-state index contributed by atoms with van der Waals surface area (Å²) in [4.78, 5) is 10.4. The average molecular weight is 647 g/mol. The molecular weight excluding hydrogens is 611 g/mol. The monoisotopic (exact) mass is 646 g/mol. The lowest BCUT2D eigenvalue weighted by Gasteiger charge is -2.25. The van der Waals surface area contributed by atoms with Crippen LogP contribution in [-0.4, -0.2) is 20.9 Å². The summed E-state index contributed by atoms with van der Waals surface area (Å²) in [5, 5.41) is 7.33. The predicted molar refractivity (Wildman–Crippen MR) is 207 cm³/mol. The van der Waals surface area contributed by atoms with Gasteiger partial charge < -0.3 is 9.88 Å². The largest absolute Gasteiger partial charge is 0.330 e. The van der Waals surface area contributed by atoms with Crippen LogP contribution >= 0.6 is 0 Å². The molecule has 236 valence electrons. The van der Waals surface area contributed by atoms with Gasteiger partial charge >= 0.3 is 0 Å². The lowest BCUT2D eigenvalue weighted by Crippen LogP contribution is -2.37. The normalized spacial score (nSPS) is 16.0. The number of aliphatic imine (C=N–C) groups is 2. The molecule has 0 amide bonds. The second kappa shape index (κ2) is 11.5. The summed E-state index contributed by atoms with van der Waals surface area (Å²) in [6, 6.07) is 46.9. The Morgan fingerprint density at radius 2 is 1.04 bits per heavy atom. The number of aromatic nitrogens is 2. The van der Waals surface area contributed by atoms with Gasteiger partial charge in [0.2, 0.25) is 5.96 Å². The summed E-state index contributed by atoms with van der Waals surface area (Å²) in [5.74, 6) is 1.11. The van der Waals surface area contributed by atoms with E-state index in [1.165, 1.54) is 0 Å². The Hall–Kier alpha value is -6.72. The van der Waals surface area contributed by atoms with Crippen LogP contribution in [0.2, 0.25) is 0 Å². The van der Waals surface area contributed by atoms with Gasteiger partial charge in [-0.3, -0.25) is 4.57 Å². The van der Waals surface area contributed by atoms with E-state index in [0.717, 1.165) is 60.3 Å². The summed E-state index contributed by atoms with van der Waals surface area (Å²) in [7, 11) is 0. The molecule has 0 spiro atoms. The molecule has 1 aliphatic heterocycles. The van der Waals surface area contributed by atoms with E-state index in [-0.39, 0.29) is 17.8 Å². The van der Waals surface area contributed by atoms with Crippen LogP contribution < -0.4 is 5.32 Å². The number of hydrogen-bond acceptors (Lipinski definition) is 3. The second-order valence-corrected chi connectivity index (χ2v) is 12.3. The molecule has 0 saturated carbocycles. The maximum Gasteiger partial charge on any atom is 0.212 e. The molecule has 5 heteroatoms. The van der Waals surface area contributed by atoms with Gasteiger partial charge in [-0.15, -0.1) is 0 Å². The number of para-hydroxylation sites is 3. The Labute approximate surface area is 296 Å². The molecule has 0 saturated heterocycles. The second-order valence-electron chi connectivity index (χ2n) is 12.3. The van der Waals surface area contributed by atoms with Gasteiger partial charge in [-0.1, -0.05) is 152 Å². The van der Waals surface area contributed by atoms with Gasteiger partial charge in [0.25, 0.3) is 0 Å². The lowest BCUT2D eigenvalue weighted by molar-refractivity contribution is 0.661. The molecule has 0 fully saturated rings. The third kappa shape index (κ3) is 4.48. The zero-order valence-corrected chi connectivity index (χ0v) is 26.7. The first kappa shape index (κ1) is 23.6. The molecule has 1 aliphatic rings. The average Bonchev–Trinajstić information content (AvgIpc) is 3.76. The maximum atomic E-state index is 9.09. The standard InChI is InChI=1S/C45H31N5/c1-4-14-30(15-5-1)31-24-26-33(27-25-31)44-46-43(32-16-6-2-7-17-32)47-45(48-44)50-40-23-13-11-21-36(40)38-29-28-37-35-20-10-12-22-39(35)49(41(37)42(38)50)34-18-8-3-9-19-34/h1-29,43H,(H,46,47,48)/i3D,8D,9D,18D,19D. The van der Waals surface area contributed by atoms with E-state index in [2.05, 4.69) is 70.5 Å². The van der Waals surface area contributed by atoms with E-state index in [1.807, 2.05) is 89.5 Å². The molecule has 2 aromatic heterocycles. The molecule has 1 atom stereocenters. The Morgan fingerprint density at radius 1 is 0.500 bits per heavy atom. The minimum absolute atomic E-state index is 0.0861. The zero-order chi connectivity index (χ0) is 37.4. The van der Waals surface area contributed by atoms with Crippen molar-refractivity contribution in [3.63, 3.8) is 0 Å². The molecule has 0 bridgehead atoms. The highest BCUT2D eigenvalue weighted by Gasteiger charge is 2.26. The molecule has 9 aromatic rings. The minimum Gasteiger partial charge on any atom is -0.330 e. The molecule has 10 rings (SSSR count). The Balaban J connectivity index is 1.29. The third-order valence-corrected chi connectivity index (χ3v) is 9.49. The summed E-state index contributed by atoms with van der Waals surface area (Å²) in [6.45, 7) is 0. The summed E-state index contributed by atoms with van der Waals surface area (Å²) < 4.78 is 47.7. The van der Waals surface area contributed by atoms with Gasteiger partial charge in [-0.25, -0.2) is 4.99 Å². The predicted octanol–water partition coefficient (Wildman–Crippen LogP) is 10.5. The molecule has 0 aliphatic carbocycles. The van der Waals surface area contributed by atoms with Crippen LogP contribution in [0.1, 0.15) is 24.1 Å². The highest BCUT2D eigenvalue weighted by atomic mass is 15.3. The topological polar surface area (TPSA) is 46.6 Å². The van der Waals surface area contributed by atoms with Crippen LogP contribution in [0.15, 0.2) is 186 Å². The fraction of sp³-hybridized carbons (Fsp3) is 0.0222. The molecular formula is C45H31N5. The summed E-state index contributed by atoms with van der Waals surface area (Å²) in [6.07, 6.45) is -0.472. The number of benzene rings is 7. The van der Waals surface area contributed by atoms with Crippen molar-refractivity contribution in [3.05, 3.63) is 187 Å². The molecule has 0 radical (unpaired) electrons. The lowest BCUT2D eigenvalue weighted by atomic mass is 10.0. The van der Waals surface area contributed by atoms with Crippen molar-refractivity contribution in [2.24, 2.45) is 9.98 Å². The first-order valence-electron chi connectivity index (χ1n) is 19.1. The van der Waals surface area contributed by atoms with E-state index < -0.39 is 24.3 Å². The van der Waals surface area contributed by atoms with Crippen LogP contribution in [0, 0.1) is 0 Å². The molecule has 50 heavy (non-hydrogen) atoms. The summed E-state index contributed by atoms with van der Waals surface area (Å²) in [5.41, 5.74) is 7.22. The molecule has 7 aromatic carbocycles. The maximum absolute atomic E-state index is 9.09. The number of fused-ring (bicyclic) bond motifs is 7. The van der Waals surface area contributed by atoms with Crippen LogP contribution in [0.3, 0.4) is 0 Å². The van der Waals surface area contributed by atoms with E-state index in [1.54, 1.807) is 0 Å². The van der Waals surface area contributed by atoms with Crippen molar-refractivity contribution >= 4 is 55.4 Å². The molecule has 5 nitrogen and oxygen atoms in total. The van der Waals surface area contributed by atoms with Crippen molar-refractivity contribution in [1.82, 2.24) is 14.5 Å². The summed E-state index contributed by atoms with van der Waals surface area (Å²) >= 11 is 0. The minimum atomic E-state index is -0.472. The van der Waals surface area contributed by atoms with E-state index >= 15 is 0 Å². The van der Waals surface area contributed by atoms with Gasteiger partial charge in [0, 0.05) is 32.8 Å². The number of amidine groups is 1. The van der Waals surface area contributed by atoms with Gasteiger partial charge in [-0.2, -0.15) is 4.99 Å². The third-order valence-electron chi connectivity index (χ3n) is 9.49. The first-order chi connectivity index (χ1) is 26.9. The molecule has 3 heterocycles. The van der Waals surface area contributed by atoms with Crippen LogP contribution in [-0.2, 0) is 0 Å². The highest BCUT2D eigenvalue weighted by Crippen LogP contribution is 2.40. The Bertz CT molecular complexity index is 3030. The highest BCUT2D eigenvalue weighted by molar-refractivity contribution is 6.26. The van der Waals surface area contributed by atoms with Crippen molar-refractivity contribution < 1.29 is 6.85 Å². The fourth-order valence-corrected chi connectivity index (χ4v) is 7.24. The Kier molecular flexibility index (Phi) is 5.41. The van der Waals surface area contributed by atoms with Gasteiger partial charge in [0.05, 0.1) is 28.9 Å². The van der Waals surface area contributed by atoms with Crippen LogP contribution in [0.25, 0.3) is 60.4 Å². The van der Waals surface area contributed by atoms with E-state index in [9.17, 15) is 0 Å². The van der Waals surface area contributed by atoms with Gasteiger partial charge in [-0.05, 0) is 40.9 Å². The smallest absolute Gasteiger partial charge is 0.212 e.